The van der Waals surface area contributed by atoms with Gasteiger partial charge in [0.2, 0.25) is 5.91 Å². The van der Waals surface area contributed by atoms with E-state index in [1.54, 1.807) is 11.3 Å². The molecular weight excluding hydrogens is 368 g/mol. The van der Waals surface area contributed by atoms with Crippen molar-refractivity contribution < 1.29 is 4.79 Å². The first-order chi connectivity index (χ1) is 12.5. The molecule has 4 aromatic rings. The van der Waals surface area contributed by atoms with E-state index in [1.807, 2.05) is 43.5 Å². The quantitative estimate of drug-likeness (QED) is 0.586. The van der Waals surface area contributed by atoms with Gasteiger partial charge in [0.15, 0.2) is 0 Å². The van der Waals surface area contributed by atoms with Crippen LogP contribution in [0.25, 0.3) is 31.0 Å². The zero-order valence-electron chi connectivity index (χ0n) is 14.2. The van der Waals surface area contributed by atoms with Crippen LogP contribution in [0.4, 0.5) is 0 Å². The van der Waals surface area contributed by atoms with Crippen LogP contribution in [-0.2, 0) is 11.3 Å². The van der Waals surface area contributed by atoms with Gasteiger partial charge in [0.1, 0.15) is 16.1 Å². The van der Waals surface area contributed by atoms with Crippen molar-refractivity contribution in [3.05, 3.63) is 46.3 Å². The summed E-state index contributed by atoms with van der Waals surface area (Å²) in [6.45, 7) is 3.72. The van der Waals surface area contributed by atoms with Crippen LogP contribution in [0.2, 0.25) is 0 Å². The van der Waals surface area contributed by atoms with Gasteiger partial charge in [-0.2, -0.15) is 0 Å². The number of amides is 1. The van der Waals surface area contributed by atoms with Gasteiger partial charge in [0, 0.05) is 11.4 Å². The minimum Gasteiger partial charge on any atom is -0.352 e. The van der Waals surface area contributed by atoms with Gasteiger partial charge in [0.05, 0.1) is 22.4 Å². The number of carbonyl (C=O) groups excluding carboxylic acids is 1. The fourth-order valence-electron chi connectivity index (χ4n) is 2.75. The maximum absolute atomic E-state index is 12.8. The molecule has 132 valence electrons. The standard InChI is InChI=1S/C18H16N4O2S2/c1-10(2)20-14(23)8-22-9-19-15-11-5-6-12(13-4-3-7-25-13)21-17(11)26-16(15)18(22)24/h3-7,9-10H,8H2,1-2H3,(H,20,23). The Kier molecular flexibility index (Phi) is 4.29. The van der Waals surface area contributed by atoms with Crippen molar-refractivity contribution in [1.29, 1.82) is 0 Å². The molecule has 0 atom stereocenters. The van der Waals surface area contributed by atoms with Gasteiger partial charge >= 0.3 is 0 Å². The van der Waals surface area contributed by atoms with Crippen molar-refractivity contribution >= 4 is 49.0 Å². The van der Waals surface area contributed by atoms with E-state index in [0.717, 1.165) is 20.8 Å². The van der Waals surface area contributed by atoms with Crippen molar-refractivity contribution in [3.8, 4) is 10.6 Å². The molecule has 1 N–H and O–H groups in total. The number of thiophene rings is 2. The van der Waals surface area contributed by atoms with Gasteiger partial charge in [-0.25, -0.2) is 9.97 Å². The summed E-state index contributed by atoms with van der Waals surface area (Å²) in [7, 11) is 0. The molecule has 8 heteroatoms. The summed E-state index contributed by atoms with van der Waals surface area (Å²) in [5.41, 5.74) is 1.31. The number of carbonyl (C=O) groups is 1. The maximum Gasteiger partial charge on any atom is 0.271 e. The van der Waals surface area contributed by atoms with Crippen LogP contribution in [0.15, 0.2) is 40.8 Å². The lowest BCUT2D eigenvalue weighted by Crippen LogP contribution is -2.35. The molecule has 0 aromatic carbocycles. The van der Waals surface area contributed by atoms with Crippen molar-refractivity contribution in [2.75, 3.05) is 0 Å². The van der Waals surface area contributed by atoms with Crippen LogP contribution in [-0.4, -0.2) is 26.5 Å². The zero-order chi connectivity index (χ0) is 18.3. The summed E-state index contributed by atoms with van der Waals surface area (Å²) in [6, 6.07) is 7.94. The van der Waals surface area contributed by atoms with Gasteiger partial charge in [0.25, 0.3) is 5.56 Å². The molecule has 0 saturated heterocycles. The molecule has 0 spiro atoms. The van der Waals surface area contributed by atoms with Gasteiger partial charge in [-0.05, 0) is 37.4 Å². The summed E-state index contributed by atoms with van der Waals surface area (Å²) in [5.74, 6) is -0.206. The Morgan fingerprint density at radius 3 is 2.88 bits per heavy atom. The lowest BCUT2D eigenvalue weighted by Gasteiger charge is -2.09. The largest absolute Gasteiger partial charge is 0.352 e. The Balaban J connectivity index is 1.78. The van der Waals surface area contributed by atoms with Crippen LogP contribution in [0.3, 0.4) is 0 Å². The summed E-state index contributed by atoms with van der Waals surface area (Å²) in [4.78, 5) is 35.7. The second-order valence-corrected chi connectivity index (χ2v) is 8.15. The molecule has 4 heterocycles. The molecule has 0 radical (unpaired) electrons. The predicted octanol–water partition coefficient (Wildman–Crippen LogP) is 3.26. The molecule has 0 unspecified atom stereocenters. The summed E-state index contributed by atoms with van der Waals surface area (Å²) < 4.78 is 1.87. The highest BCUT2D eigenvalue weighted by Gasteiger charge is 2.15. The van der Waals surface area contributed by atoms with Crippen LogP contribution in [0.5, 0.6) is 0 Å². The molecule has 4 rings (SSSR count). The minimum atomic E-state index is -0.213. The van der Waals surface area contributed by atoms with Gasteiger partial charge in [-0.15, -0.1) is 22.7 Å². The van der Waals surface area contributed by atoms with Gasteiger partial charge in [-0.1, -0.05) is 6.07 Å². The highest BCUT2D eigenvalue weighted by molar-refractivity contribution is 7.25. The second kappa shape index (κ2) is 6.62. The summed E-state index contributed by atoms with van der Waals surface area (Å²) >= 11 is 2.95. The normalized spacial score (nSPS) is 11.5. The fourth-order valence-corrected chi connectivity index (χ4v) is 4.52. The molecular formula is C18H16N4O2S2. The Morgan fingerprint density at radius 2 is 2.15 bits per heavy atom. The monoisotopic (exact) mass is 384 g/mol. The van der Waals surface area contributed by atoms with E-state index in [4.69, 9.17) is 0 Å². The minimum absolute atomic E-state index is 0.0269. The van der Waals surface area contributed by atoms with Crippen molar-refractivity contribution in [2.24, 2.45) is 0 Å². The first-order valence-corrected chi connectivity index (χ1v) is 9.84. The van der Waals surface area contributed by atoms with Crippen LogP contribution in [0.1, 0.15) is 13.8 Å². The van der Waals surface area contributed by atoms with E-state index in [1.165, 1.54) is 22.2 Å². The fraction of sp³-hybridized carbons (Fsp3) is 0.222. The predicted molar refractivity (Wildman–Crippen MR) is 106 cm³/mol. The third kappa shape index (κ3) is 3.02. The highest BCUT2D eigenvalue weighted by atomic mass is 32.1. The molecule has 6 nitrogen and oxygen atoms in total. The smallest absolute Gasteiger partial charge is 0.271 e. The van der Waals surface area contributed by atoms with Crippen molar-refractivity contribution in [2.45, 2.75) is 26.4 Å². The molecule has 0 bridgehead atoms. The highest BCUT2D eigenvalue weighted by Crippen LogP contribution is 2.32. The lowest BCUT2D eigenvalue weighted by atomic mass is 10.2. The average Bonchev–Trinajstić information content (AvgIpc) is 3.24. The molecule has 0 aliphatic carbocycles. The van der Waals surface area contributed by atoms with Crippen LogP contribution < -0.4 is 10.9 Å². The summed E-state index contributed by atoms with van der Waals surface area (Å²) in [6.07, 6.45) is 1.43. The number of pyridine rings is 1. The number of hydrogen-bond donors (Lipinski definition) is 1. The maximum atomic E-state index is 12.8. The third-order valence-electron chi connectivity index (χ3n) is 3.85. The number of aromatic nitrogens is 3. The number of hydrogen-bond acceptors (Lipinski definition) is 6. The SMILES string of the molecule is CC(C)NC(=O)Cn1cnc2c(sc3nc(-c4cccs4)ccc32)c1=O. The molecule has 0 aliphatic rings. The molecule has 1 amide bonds. The van der Waals surface area contributed by atoms with E-state index in [9.17, 15) is 9.59 Å². The van der Waals surface area contributed by atoms with E-state index < -0.39 is 0 Å². The topological polar surface area (TPSA) is 76.9 Å². The second-order valence-electron chi connectivity index (χ2n) is 6.21. The number of rotatable bonds is 4. The third-order valence-corrected chi connectivity index (χ3v) is 5.82. The molecule has 4 aromatic heterocycles. The van der Waals surface area contributed by atoms with Crippen molar-refractivity contribution in [3.63, 3.8) is 0 Å². The molecule has 26 heavy (non-hydrogen) atoms. The van der Waals surface area contributed by atoms with E-state index >= 15 is 0 Å². The van der Waals surface area contributed by atoms with E-state index in [2.05, 4.69) is 15.3 Å². The van der Waals surface area contributed by atoms with Crippen LogP contribution >= 0.6 is 22.7 Å². The summed E-state index contributed by atoms with van der Waals surface area (Å²) in [5, 5.41) is 5.65. The molecule has 0 fully saturated rings. The van der Waals surface area contributed by atoms with Crippen LogP contribution in [0, 0.1) is 0 Å². The van der Waals surface area contributed by atoms with Gasteiger partial charge in [-0.3, -0.25) is 14.2 Å². The first kappa shape index (κ1) is 16.9. The Hall–Kier alpha value is -2.58. The number of nitrogens with zero attached hydrogens (tertiary/aromatic N) is 3. The first-order valence-electron chi connectivity index (χ1n) is 8.15. The van der Waals surface area contributed by atoms with Gasteiger partial charge < -0.3 is 5.32 Å². The number of fused-ring (bicyclic) bond motifs is 3. The molecule has 0 aliphatic heterocycles. The Bertz CT molecular complexity index is 1160. The Labute approximate surface area is 157 Å². The Morgan fingerprint density at radius 1 is 1.31 bits per heavy atom. The average molecular weight is 384 g/mol. The van der Waals surface area contributed by atoms with E-state index in [0.29, 0.717) is 10.2 Å². The number of nitrogens with one attached hydrogen (secondary N) is 1. The lowest BCUT2D eigenvalue weighted by molar-refractivity contribution is -0.122. The molecule has 0 saturated carbocycles. The van der Waals surface area contributed by atoms with Crippen molar-refractivity contribution in [1.82, 2.24) is 19.9 Å². The zero-order valence-corrected chi connectivity index (χ0v) is 15.9. The van der Waals surface area contributed by atoms with E-state index in [-0.39, 0.29) is 24.1 Å².